The number of ether oxygens (including phenoxy) is 2. The van der Waals surface area contributed by atoms with Crippen LogP contribution >= 0.6 is 43.2 Å². The Morgan fingerprint density at radius 3 is 2.12 bits per heavy atom. The lowest BCUT2D eigenvalue weighted by atomic mass is 10.0. The molecular formula is C30H53N5O4S4. The molecule has 9 nitrogen and oxygen atoms in total. The number of aromatic nitrogens is 2. The maximum absolute atomic E-state index is 12.3. The number of carbonyl (C=O) groups excluding carboxylic acids is 2. The van der Waals surface area contributed by atoms with Gasteiger partial charge in [-0.1, -0.05) is 109 Å². The number of rotatable bonds is 23. The third-order valence-corrected chi connectivity index (χ3v) is 12.4. The largest absolute Gasteiger partial charge is 0.449 e. The van der Waals surface area contributed by atoms with Crippen molar-refractivity contribution in [1.29, 1.82) is 0 Å². The van der Waals surface area contributed by atoms with Crippen LogP contribution in [0.15, 0.2) is 12.3 Å². The molecule has 2 rings (SSSR count). The third-order valence-electron chi connectivity index (χ3n) is 7.35. The number of unbranched alkanes of at least 4 members (excludes halogenated alkanes) is 2. The smallest absolute Gasteiger partial charge is 0.414 e. The van der Waals surface area contributed by atoms with Crippen LogP contribution in [0, 0.1) is 11.8 Å². The van der Waals surface area contributed by atoms with Crippen molar-refractivity contribution < 1.29 is 19.1 Å². The van der Waals surface area contributed by atoms with Gasteiger partial charge < -0.3 is 19.7 Å². The molecule has 1 fully saturated rings. The van der Waals surface area contributed by atoms with E-state index in [4.69, 9.17) is 9.47 Å². The van der Waals surface area contributed by atoms with Gasteiger partial charge in [0.15, 0.2) is 0 Å². The first-order valence-corrected chi connectivity index (χ1v) is 20.9. The SMILES string of the molecule is CCCCC(CC)CSSCCOC(=O)Nc1nccc(N2CCC(NC(=O)OCCSSCC(CC)CCCC)C2)n1. The summed E-state index contributed by atoms with van der Waals surface area (Å²) in [5, 5.41) is 5.59. The quantitative estimate of drug-likeness (QED) is 0.0861. The zero-order chi connectivity index (χ0) is 31.1. The lowest BCUT2D eigenvalue weighted by molar-refractivity contribution is 0.150. The highest BCUT2D eigenvalue weighted by Gasteiger charge is 2.25. The molecule has 0 radical (unpaired) electrons. The zero-order valence-corrected chi connectivity index (χ0v) is 29.8. The molecular weight excluding hydrogens is 623 g/mol. The van der Waals surface area contributed by atoms with Gasteiger partial charge in [-0.15, -0.1) is 0 Å². The average molecular weight is 676 g/mol. The van der Waals surface area contributed by atoms with E-state index < -0.39 is 6.09 Å². The molecule has 3 unspecified atom stereocenters. The van der Waals surface area contributed by atoms with Crippen molar-refractivity contribution in [3.05, 3.63) is 12.3 Å². The van der Waals surface area contributed by atoms with E-state index in [1.54, 1.807) is 33.9 Å². The van der Waals surface area contributed by atoms with E-state index in [0.717, 1.165) is 47.8 Å². The van der Waals surface area contributed by atoms with Crippen molar-refractivity contribution in [3.63, 3.8) is 0 Å². The molecule has 2 N–H and O–H groups in total. The van der Waals surface area contributed by atoms with Gasteiger partial charge in [0, 0.05) is 42.3 Å². The Morgan fingerprint density at radius 2 is 1.53 bits per heavy atom. The van der Waals surface area contributed by atoms with Crippen molar-refractivity contribution in [2.75, 3.05) is 59.5 Å². The maximum Gasteiger partial charge on any atom is 0.414 e. The number of nitrogens with zero attached hydrogens (tertiary/aromatic N) is 3. The fourth-order valence-corrected chi connectivity index (χ4v) is 9.31. The predicted octanol–water partition coefficient (Wildman–Crippen LogP) is 8.53. The fourth-order valence-electron chi connectivity index (χ4n) is 4.55. The normalized spacial score (nSPS) is 16.1. The first kappa shape index (κ1) is 38.0. The summed E-state index contributed by atoms with van der Waals surface area (Å²) in [5.74, 6) is 6.26. The Hall–Kier alpha value is -1.18. The van der Waals surface area contributed by atoms with Crippen LogP contribution in [0.3, 0.4) is 0 Å². The monoisotopic (exact) mass is 675 g/mol. The second-order valence-electron chi connectivity index (χ2n) is 10.8. The number of nitrogens with one attached hydrogen (secondary N) is 2. The molecule has 1 aromatic rings. The van der Waals surface area contributed by atoms with Crippen molar-refractivity contribution in [2.24, 2.45) is 11.8 Å². The third kappa shape index (κ3) is 17.2. The Morgan fingerprint density at radius 1 is 0.930 bits per heavy atom. The van der Waals surface area contributed by atoms with Crippen molar-refractivity contribution in [2.45, 2.75) is 91.5 Å². The Bertz CT molecular complexity index is 904. The van der Waals surface area contributed by atoms with Gasteiger partial charge in [-0.25, -0.2) is 14.6 Å². The number of amides is 2. The molecule has 43 heavy (non-hydrogen) atoms. The van der Waals surface area contributed by atoms with Crippen LogP contribution in [-0.2, 0) is 9.47 Å². The molecule has 0 spiro atoms. The van der Waals surface area contributed by atoms with Gasteiger partial charge in [0.05, 0.1) is 6.04 Å². The van der Waals surface area contributed by atoms with E-state index >= 15 is 0 Å². The first-order chi connectivity index (χ1) is 21.0. The molecule has 1 aliphatic rings. The molecule has 3 atom stereocenters. The molecule has 13 heteroatoms. The highest BCUT2D eigenvalue weighted by molar-refractivity contribution is 8.77. The number of hydrogen-bond acceptors (Lipinski definition) is 11. The minimum Gasteiger partial charge on any atom is -0.449 e. The van der Waals surface area contributed by atoms with Gasteiger partial charge in [-0.2, -0.15) is 4.98 Å². The summed E-state index contributed by atoms with van der Waals surface area (Å²) in [6, 6.07) is 1.78. The molecule has 1 aromatic heterocycles. The molecule has 2 heterocycles. The summed E-state index contributed by atoms with van der Waals surface area (Å²) in [7, 11) is 7.27. The van der Waals surface area contributed by atoms with Crippen LogP contribution in [-0.4, -0.2) is 77.5 Å². The van der Waals surface area contributed by atoms with Crippen molar-refractivity contribution >= 4 is 67.1 Å². The van der Waals surface area contributed by atoms with Gasteiger partial charge in [0.1, 0.15) is 19.0 Å². The molecule has 2 amide bonds. The van der Waals surface area contributed by atoms with Crippen LogP contribution in [0.4, 0.5) is 21.4 Å². The van der Waals surface area contributed by atoms with Crippen LogP contribution in [0.5, 0.6) is 0 Å². The summed E-state index contributed by atoms with van der Waals surface area (Å²) >= 11 is 0. The number of carbonyl (C=O) groups is 2. The number of hydrogen-bond donors (Lipinski definition) is 2. The topological polar surface area (TPSA) is 106 Å². The van der Waals surface area contributed by atoms with Crippen LogP contribution in [0.1, 0.15) is 85.5 Å². The summed E-state index contributed by atoms with van der Waals surface area (Å²) in [4.78, 5) is 35.2. The second kappa shape index (κ2) is 24.1. The maximum atomic E-state index is 12.3. The average Bonchev–Trinajstić information content (AvgIpc) is 3.48. The highest BCUT2D eigenvalue weighted by Crippen LogP contribution is 2.28. The first-order valence-electron chi connectivity index (χ1n) is 15.9. The molecule has 1 aliphatic heterocycles. The summed E-state index contributed by atoms with van der Waals surface area (Å²) in [6.45, 7) is 11.1. The minimum atomic E-state index is -0.556. The zero-order valence-electron chi connectivity index (χ0n) is 26.5. The van der Waals surface area contributed by atoms with Gasteiger partial charge in [-0.05, 0) is 37.2 Å². The van der Waals surface area contributed by atoms with Crippen LogP contribution in [0.25, 0.3) is 0 Å². The fraction of sp³-hybridized carbons (Fsp3) is 0.800. The van der Waals surface area contributed by atoms with E-state index in [0.29, 0.717) is 25.6 Å². The van der Waals surface area contributed by atoms with E-state index in [2.05, 4.69) is 53.2 Å². The number of anilines is 2. The molecule has 0 aliphatic carbocycles. The Kier molecular flexibility index (Phi) is 21.3. The molecule has 0 saturated carbocycles. The lowest BCUT2D eigenvalue weighted by Crippen LogP contribution is -2.37. The van der Waals surface area contributed by atoms with Crippen LogP contribution in [0.2, 0.25) is 0 Å². The minimum absolute atomic E-state index is 0.0237. The summed E-state index contributed by atoms with van der Waals surface area (Å²) < 4.78 is 10.7. The van der Waals surface area contributed by atoms with E-state index in [1.165, 1.54) is 51.4 Å². The van der Waals surface area contributed by atoms with Gasteiger partial charge in [0.25, 0.3) is 0 Å². The summed E-state index contributed by atoms with van der Waals surface area (Å²) in [5.41, 5.74) is 0. The molecule has 0 bridgehead atoms. The van der Waals surface area contributed by atoms with Crippen molar-refractivity contribution in [3.8, 4) is 0 Å². The molecule has 0 aromatic carbocycles. The highest BCUT2D eigenvalue weighted by atomic mass is 33.1. The van der Waals surface area contributed by atoms with E-state index in [1.807, 2.05) is 21.6 Å². The Balaban J connectivity index is 1.59. The van der Waals surface area contributed by atoms with Gasteiger partial charge in [0.2, 0.25) is 5.95 Å². The van der Waals surface area contributed by atoms with Gasteiger partial charge >= 0.3 is 12.2 Å². The Labute approximate surface area is 275 Å². The van der Waals surface area contributed by atoms with Gasteiger partial charge in [-0.3, -0.25) is 5.32 Å². The standard InChI is InChI=1S/C30H53N5O4S4/c1-5-9-11-24(7-3)22-42-40-19-17-38-29(36)32-26-14-16-35(21-26)27-13-15-31-28(33-27)34-30(37)39-18-20-41-43-23-25(8-4)12-10-6-2/h13,15,24-26H,5-12,14,16-23H2,1-4H3,(H,32,36)(H,31,33,34,37). The van der Waals surface area contributed by atoms with E-state index in [-0.39, 0.29) is 18.1 Å². The second-order valence-corrected chi connectivity index (χ2v) is 16.0. The lowest BCUT2D eigenvalue weighted by Gasteiger charge is -2.18. The number of alkyl carbamates (subject to hydrolysis) is 1. The molecule has 1 saturated heterocycles. The predicted molar refractivity (Wildman–Crippen MR) is 189 cm³/mol. The summed E-state index contributed by atoms with van der Waals surface area (Å²) in [6.07, 6.45) is 11.6. The van der Waals surface area contributed by atoms with Crippen LogP contribution < -0.4 is 15.5 Å². The van der Waals surface area contributed by atoms with Crippen molar-refractivity contribution in [1.82, 2.24) is 15.3 Å². The van der Waals surface area contributed by atoms with E-state index in [9.17, 15) is 9.59 Å². The molecule has 246 valence electrons.